The molecule has 0 saturated carbocycles. The van der Waals surface area contributed by atoms with Crippen LogP contribution < -0.4 is 0 Å². The van der Waals surface area contributed by atoms with Crippen molar-refractivity contribution in [3.05, 3.63) is 40.9 Å². The van der Waals surface area contributed by atoms with E-state index < -0.39 is 0 Å². The molecule has 0 radical (unpaired) electrons. The topological polar surface area (TPSA) is 0 Å². The lowest BCUT2D eigenvalue weighted by atomic mass is 10.2. The summed E-state index contributed by atoms with van der Waals surface area (Å²) in [5, 5.41) is 0.795. The summed E-state index contributed by atoms with van der Waals surface area (Å²) in [7, 11) is 0. The first-order valence-electron chi connectivity index (χ1n) is 3.75. The molecule has 0 atom stereocenters. The van der Waals surface area contributed by atoms with Gasteiger partial charge < -0.3 is 0 Å². The second-order valence-electron chi connectivity index (χ2n) is 2.37. The van der Waals surface area contributed by atoms with Crippen molar-refractivity contribution in [3.63, 3.8) is 0 Å². The first-order chi connectivity index (χ1) is 5.33. The Bertz CT molecular complexity index is 251. The van der Waals surface area contributed by atoms with E-state index in [1.54, 1.807) is 0 Å². The molecular weight excluding hydrogens is 156 g/mol. The van der Waals surface area contributed by atoms with Gasteiger partial charge in [-0.15, -0.1) is 0 Å². The molecular formula is C10H11Cl. The van der Waals surface area contributed by atoms with Crippen LogP contribution in [-0.2, 0) is 0 Å². The molecule has 0 N–H and O–H groups in total. The van der Waals surface area contributed by atoms with E-state index in [1.165, 1.54) is 5.56 Å². The van der Waals surface area contributed by atoms with E-state index in [9.17, 15) is 0 Å². The van der Waals surface area contributed by atoms with E-state index in [4.69, 9.17) is 11.6 Å². The van der Waals surface area contributed by atoms with E-state index in [0.717, 1.165) is 11.4 Å². The summed E-state index contributed by atoms with van der Waals surface area (Å²) < 4.78 is 0. The largest absolute Gasteiger partial charge is 0.0843 e. The van der Waals surface area contributed by atoms with Crippen molar-refractivity contribution in [2.45, 2.75) is 13.3 Å². The van der Waals surface area contributed by atoms with Crippen LogP contribution in [0.4, 0.5) is 0 Å². The maximum atomic E-state index is 5.79. The third-order valence-corrected chi connectivity index (χ3v) is 1.63. The van der Waals surface area contributed by atoms with Gasteiger partial charge in [0.2, 0.25) is 0 Å². The Kier molecular flexibility index (Phi) is 3.18. The summed E-state index contributed by atoms with van der Waals surface area (Å²) in [6, 6.07) is 7.83. The van der Waals surface area contributed by atoms with Gasteiger partial charge in [-0.05, 0) is 24.1 Å². The fourth-order valence-electron chi connectivity index (χ4n) is 0.864. The Labute approximate surface area is 72.5 Å². The summed E-state index contributed by atoms with van der Waals surface area (Å²) in [5.74, 6) is 0. The summed E-state index contributed by atoms with van der Waals surface area (Å²) in [5.41, 5.74) is 1.17. The summed E-state index contributed by atoms with van der Waals surface area (Å²) in [4.78, 5) is 0. The first-order valence-corrected chi connectivity index (χ1v) is 4.13. The number of benzene rings is 1. The monoisotopic (exact) mass is 166 g/mol. The third-order valence-electron chi connectivity index (χ3n) is 1.39. The Morgan fingerprint density at radius 2 is 2.27 bits per heavy atom. The van der Waals surface area contributed by atoms with Crippen LogP contribution in [0.1, 0.15) is 18.9 Å². The van der Waals surface area contributed by atoms with Crippen LogP contribution in [-0.4, -0.2) is 0 Å². The molecule has 1 rings (SSSR count). The maximum absolute atomic E-state index is 5.79. The SMILES string of the molecule is CC/C=C/c1cccc(Cl)c1. The van der Waals surface area contributed by atoms with Gasteiger partial charge in [-0.25, -0.2) is 0 Å². The van der Waals surface area contributed by atoms with Gasteiger partial charge in [-0.2, -0.15) is 0 Å². The van der Waals surface area contributed by atoms with E-state index in [2.05, 4.69) is 19.1 Å². The minimum atomic E-state index is 0.795. The second-order valence-corrected chi connectivity index (χ2v) is 2.80. The van der Waals surface area contributed by atoms with Gasteiger partial charge in [0.15, 0.2) is 0 Å². The molecule has 0 saturated heterocycles. The van der Waals surface area contributed by atoms with Gasteiger partial charge in [-0.1, -0.05) is 42.8 Å². The smallest absolute Gasteiger partial charge is 0.0411 e. The summed E-state index contributed by atoms with van der Waals surface area (Å²) >= 11 is 5.79. The van der Waals surface area contributed by atoms with Crippen molar-refractivity contribution in [1.29, 1.82) is 0 Å². The van der Waals surface area contributed by atoms with Crippen LogP contribution in [0.25, 0.3) is 6.08 Å². The van der Waals surface area contributed by atoms with Gasteiger partial charge in [0.1, 0.15) is 0 Å². The highest BCUT2D eigenvalue weighted by Crippen LogP contribution is 2.11. The Hall–Kier alpha value is -0.750. The van der Waals surface area contributed by atoms with E-state index in [0.29, 0.717) is 0 Å². The predicted octanol–water partition coefficient (Wildman–Crippen LogP) is 3.76. The number of hydrogen-bond donors (Lipinski definition) is 0. The molecule has 0 aliphatic heterocycles. The van der Waals surface area contributed by atoms with Crippen molar-refractivity contribution in [1.82, 2.24) is 0 Å². The molecule has 0 bridgehead atoms. The Morgan fingerprint density at radius 1 is 1.45 bits per heavy atom. The molecule has 0 aliphatic carbocycles. The molecule has 11 heavy (non-hydrogen) atoms. The van der Waals surface area contributed by atoms with E-state index in [-0.39, 0.29) is 0 Å². The van der Waals surface area contributed by atoms with Crippen LogP contribution >= 0.6 is 11.6 Å². The molecule has 0 fully saturated rings. The number of rotatable bonds is 2. The zero-order valence-electron chi connectivity index (χ0n) is 6.55. The minimum absolute atomic E-state index is 0.795. The lowest BCUT2D eigenvalue weighted by Crippen LogP contribution is -1.69. The molecule has 0 heterocycles. The fraction of sp³-hybridized carbons (Fsp3) is 0.200. The van der Waals surface area contributed by atoms with Crippen LogP contribution in [0.15, 0.2) is 30.3 Å². The van der Waals surface area contributed by atoms with Crippen LogP contribution in [0.5, 0.6) is 0 Å². The summed E-state index contributed by atoms with van der Waals surface area (Å²) in [6.45, 7) is 2.11. The quantitative estimate of drug-likeness (QED) is 0.628. The average Bonchev–Trinajstić information content (AvgIpc) is 2.01. The van der Waals surface area contributed by atoms with Gasteiger partial charge in [0, 0.05) is 5.02 Å². The van der Waals surface area contributed by atoms with Crippen LogP contribution in [0, 0.1) is 0 Å². The highest BCUT2D eigenvalue weighted by atomic mass is 35.5. The predicted molar refractivity (Wildman–Crippen MR) is 50.8 cm³/mol. The normalized spacial score (nSPS) is 10.7. The highest BCUT2D eigenvalue weighted by molar-refractivity contribution is 6.30. The molecule has 0 unspecified atom stereocenters. The second kappa shape index (κ2) is 4.20. The van der Waals surface area contributed by atoms with E-state index >= 15 is 0 Å². The molecule has 0 spiro atoms. The standard InChI is InChI=1S/C10H11Cl/c1-2-3-5-9-6-4-7-10(11)8-9/h3-8H,2H2,1H3/b5-3+. The number of allylic oxidation sites excluding steroid dienone is 1. The van der Waals surface area contributed by atoms with Crippen LogP contribution in [0.2, 0.25) is 5.02 Å². The van der Waals surface area contributed by atoms with Crippen LogP contribution in [0.3, 0.4) is 0 Å². The minimum Gasteiger partial charge on any atom is -0.0843 e. The van der Waals surface area contributed by atoms with Gasteiger partial charge in [0.25, 0.3) is 0 Å². The number of halogens is 1. The van der Waals surface area contributed by atoms with Gasteiger partial charge in [-0.3, -0.25) is 0 Å². The molecule has 0 nitrogen and oxygen atoms in total. The Morgan fingerprint density at radius 3 is 2.91 bits per heavy atom. The lowest BCUT2D eigenvalue weighted by molar-refractivity contribution is 1.23. The van der Waals surface area contributed by atoms with Crippen molar-refractivity contribution >= 4 is 17.7 Å². The van der Waals surface area contributed by atoms with Gasteiger partial charge >= 0.3 is 0 Å². The van der Waals surface area contributed by atoms with Crippen molar-refractivity contribution < 1.29 is 0 Å². The Balaban J connectivity index is 2.79. The molecule has 0 aliphatic rings. The molecule has 1 aromatic carbocycles. The summed E-state index contributed by atoms with van der Waals surface area (Å²) in [6.07, 6.45) is 5.25. The van der Waals surface area contributed by atoms with Crippen molar-refractivity contribution in [3.8, 4) is 0 Å². The number of hydrogen-bond acceptors (Lipinski definition) is 0. The first kappa shape index (κ1) is 8.35. The fourth-order valence-corrected chi connectivity index (χ4v) is 1.06. The van der Waals surface area contributed by atoms with Gasteiger partial charge in [0.05, 0.1) is 0 Å². The zero-order chi connectivity index (χ0) is 8.10. The molecule has 1 heteroatoms. The average molecular weight is 167 g/mol. The highest BCUT2D eigenvalue weighted by Gasteiger charge is 1.86. The molecule has 0 amide bonds. The molecule has 58 valence electrons. The maximum Gasteiger partial charge on any atom is 0.0411 e. The lowest BCUT2D eigenvalue weighted by Gasteiger charge is -1.92. The van der Waals surface area contributed by atoms with E-state index in [1.807, 2.05) is 24.3 Å². The molecule has 1 aromatic rings. The molecule has 0 aromatic heterocycles. The van der Waals surface area contributed by atoms with Crippen molar-refractivity contribution in [2.75, 3.05) is 0 Å². The zero-order valence-corrected chi connectivity index (χ0v) is 7.31. The third kappa shape index (κ3) is 2.77. The van der Waals surface area contributed by atoms with Crippen molar-refractivity contribution in [2.24, 2.45) is 0 Å².